The van der Waals surface area contributed by atoms with Crippen molar-refractivity contribution in [3.63, 3.8) is 0 Å². The number of rotatable bonds is 5. The molecule has 1 rings (SSSR count). The fourth-order valence-corrected chi connectivity index (χ4v) is 1.65. The molecule has 4 nitrogen and oxygen atoms in total. The topological polar surface area (TPSA) is 68.0 Å². The van der Waals surface area contributed by atoms with Gasteiger partial charge in [-0.2, -0.15) is 13.2 Å². The van der Waals surface area contributed by atoms with Crippen molar-refractivity contribution >= 4 is 11.7 Å². The van der Waals surface area contributed by atoms with E-state index in [1.807, 2.05) is 0 Å². The number of nitrogens with one attached hydrogen (secondary N) is 1. The van der Waals surface area contributed by atoms with Gasteiger partial charge in [0, 0.05) is 12.7 Å². The second-order valence-electron chi connectivity index (χ2n) is 5.12. The van der Waals surface area contributed by atoms with Gasteiger partial charge in [0.1, 0.15) is 12.0 Å². The third-order valence-electron chi connectivity index (χ3n) is 2.94. The molecule has 0 unspecified atom stereocenters. The fraction of sp³-hybridized carbons (Fsp3) is 0.429. The molecule has 0 aliphatic heterocycles. The average molecular weight is 317 g/mol. The van der Waals surface area contributed by atoms with E-state index < -0.39 is 30.5 Å². The maximum Gasteiger partial charge on any atom is 0.390 e. The summed E-state index contributed by atoms with van der Waals surface area (Å²) in [5.41, 5.74) is 4.64. The first-order valence-corrected chi connectivity index (χ1v) is 6.30. The molecule has 0 saturated heterocycles. The number of nitrogens with zero attached hydrogens (tertiary/aromatic N) is 1. The van der Waals surface area contributed by atoms with Gasteiger partial charge in [-0.1, -0.05) is 5.92 Å². The van der Waals surface area contributed by atoms with Crippen LogP contribution in [0.2, 0.25) is 0 Å². The highest BCUT2D eigenvalue weighted by atomic mass is 19.4. The molecule has 1 aromatic rings. The SMILES string of the molecule is CC(C)(C#CF)c1cnc(NCCC(F)(F)F)c(C(N)=O)c1. The molecule has 1 amide bonds. The van der Waals surface area contributed by atoms with Gasteiger partial charge in [0.15, 0.2) is 0 Å². The summed E-state index contributed by atoms with van der Waals surface area (Å²) in [6, 6.07) is 1.34. The van der Waals surface area contributed by atoms with E-state index in [1.165, 1.54) is 18.4 Å². The van der Waals surface area contributed by atoms with Crippen LogP contribution < -0.4 is 11.1 Å². The fourth-order valence-electron chi connectivity index (χ4n) is 1.65. The largest absolute Gasteiger partial charge is 0.390 e. The van der Waals surface area contributed by atoms with Crippen LogP contribution in [0.1, 0.15) is 36.2 Å². The minimum absolute atomic E-state index is 0.0514. The summed E-state index contributed by atoms with van der Waals surface area (Å²) in [5.74, 6) is 1.40. The van der Waals surface area contributed by atoms with Crippen LogP contribution in [-0.4, -0.2) is 23.6 Å². The normalized spacial score (nSPS) is 11.5. The van der Waals surface area contributed by atoms with Crippen molar-refractivity contribution in [3.8, 4) is 12.1 Å². The lowest BCUT2D eigenvalue weighted by atomic mass is 9.86. The number of halogens is 4. The smallest absolute Gasteiger partial charge is 0.369 e. The van der Waals surface area contributed by atoms with Crippen molar-refractivity contribution in [2.75, 3.05) is 11.9 Å². The van der Waals surface area contributed by atoms with E-state index >= 15 is 0 Å². The molecule has 0 aliphatic carbocycles. The Morgan fingerprint density at radius 3 is 2.55 bits per heavy atom. The average Bonchev–Trinajstić information content (AvgIpc) is 2.37. The second kappa shape index (κ2) is 6.64. The number of carbonyl (C=O) groups excluding carboxylic acids is 1. The summed E-state index contributed by atoms with van der Waals surface area (Å²) >= 11 is 0. The number of alkyl halides is 3. The summed E-state index contributed by atoms with van der Waals surface area (Å²) < 4.78 is 48.6. The number of nitrogens with two attached hydrogens (primary N) is 1. The minimum Gasteiger partial charge on any atom is -0.369 e. The zero-order valence-corrected chi connectivity index (χ0v) is 12.0. The number of hydrogen-bond donors (Lipinski definition) is 2. The molecule has 0 atom stereocenters. The van der Waals surface area contributed by atoms with E-state index in [2.05, 4.69) is 16.2 Å². The van der Waals surface area contributed by atoms with E-state index in [-0.39, 0.29) is 11.4 Å². The second-order valence-corrected chi connectivity index (χ2v) is 5.12. The molecule has 0 fully saturated rings. The van der Waals surface area contributed by atoms with Crippen LogP contribution in [0.5, 0.6) is 0 Å². The maximum absolute atomic E-state index is 12.2. The van der Waals surface area contributed by atoms with Crippen LogP contribution in [0, 0.1) is 12.1 Å². The summed E-state index contributed by atoms with van der Waals surface area (Å²) in [4.78, 5) is 15.3. The Hall–Kier alpha value is -2.30. The van der Waals surface area contributed by atoms with Crippen molar-refractivity contribution in [3.05, 3.63) is 23.4 Å². The lowest BCUT2D eigenvalue weighted by Crippen LogP contribution is -2.21. The van der Waals surface area contributed by atoms with Crippen molar-refractivity contribution in [2.24, 2.45) is 5.73 Å². The molecular weight excluding hydrogens is 302 g/mol. The third-order valence-corrected chi connectivity index (χ3v) is 2.94. The van der Waals surface area contributed by atoms with Crippen LogP contribution in [0.25, 0.3) is 0 Å². The molecule has 0 aromatic carbocycles. The summed E-state index contributed by atoms with van der Waals surface area (Å²) in [7, 11) is 0. The van der Waals surface area contributed by atoms with Crippen molar-refractivity contribution in [1.29, 1.82) is 0 Å². The molecule has 120 valence electrons. The lowest BCUT2D eigenvalue weighted by Gasteiger charge is -2.19. The molecule has 3 N–H and O–H groups in total. The van der Waals surface area contributed by atoms with Crippen molar-refractivity contribution in [2.45, 2.75) is 31.9 Å². The van der Waals surface area contributed by atoms with E-state index in [4.69, 9.17) is 5.73 Å². The highest BCUT2D eigenvalue weighted by Gasteiger charge is 2.27. The Morgan fingerprint density at radius 2 is 2.05 bits per heavy atom. The number of amides is 1. The number of hydrogen-bond acceptors (Lipinski definition) is 3. The number of aromatic nitrogens is 1. The predicted molar refractivity (Wildman–Crippen MR) is 73.8 cm³/mol. The van der Waals surface area contributed by atoms with Gasteiger partial charge in [-0.15, -0.1) is 4.39 Å². The van der Waals surface area contributed by atoms with Gasteiger partial charge in [0.05, 0.1) is 17.4 Å². The number of carbonyl (C=O) groups is 1. The van der Waals surface area contributed by atoms with Crippen molar-refractivity contribution in [1.82, 2.24) is 4.98 Å². The van der Waals surface area contributed by atoms with Gasteiger partial charge >= 0.3 is 6.18 Å². The van der Waals surface area contributed by atoms with Crippen molar-refractivity contribution < 1.29 is 22.4 Å². The van der Waals surface area contributed by atoms with Gasteiger partial charge in [0.25, 0.3) is 5.91 Å². The summed E-state index contributed by atoms with van der Waals surface area (Å²) in [6.07, 6.45) is -2.80. The molecule has 0 saturated carbocycles. The quantitative estimate of drug-likeness (QED) is 0.648. The highest BCUT2D eigenvalue weighted by Crippen LogP contribution is 2.26. The van der Waals surface area contributed by atoms with E-state index in [9.17, 15) is 22.4 Å². The molecule has 0 radical (unpaired) electrons. The van der Waals surface area contributed by atoms with Gasteiger partial charge < -0.3 is 11.1 Å². The van der Waals surface area contributed by atoms with Gasteiger partial charge in [-0.05, 0) is 25.5 Å². The summed E-state index contributed by atoms with van der Waals surface area (Å²) in [5, 5.41) is 2.42. The standard InChI is InChI=1S/C14H15F4N3O/c1-13(2,3-5-15)9-7-10(11(19)22)12(21-8-9)20-6-4-14(16,17)18/h7-8H,4,6H2,1-2H3,(H2,19,22)(H,20,21). The zero-order chi connectivity index (χ0) is 17.0. The zero-order valence-electron chi connectivity index (χ0n) is 12.0. The molecular formula is C14H15F4N3O. The number of pyridine rings is 1. The Balaban J connectivity index is 3.05. The first kappa shape index (κ1) is 17.8. The first-order valence-electron chi connectivity index (χ1n) is 6.30. The van der Waals surface area contributed by atoms with Crippen LogP contribution in [0.4, 0.5) is 23.4 Å². The Kier molecular flexibility index (Phi) is 5.36. The van der Waals surface area contributed by atoms with Crippen LogP contribution >= 0.6 is 0 Å². The molecule has 0 aliphatic rings. The van der Waals surface area contributed by atoms with Gasteiger partial charge in [0.2, 0.25) is 0 Å². The molecule has 1 heterocycles. The third kappa shape index (κ3) is 4.91. The Bertz CT molecular complexity index is 615. The lowest BCUT2D eigenvalue weighted by molar-refractivity contribution is -0.131. The summed E-state index contributed by atoms with van der Waals surface area (Å²) in [6.45, 7) is 2.78. The molecule has 8 heteroatoms. The Labute approximate surface area is 125 Å². The number of anilines is 1. The number of primary amides is 1. The monoisotopic (exact) mass is 317 g/mol. The van der Waals surface area contributed by atoms with Crippen LogP contribution in [0.15, 0.2) is 12.3 Å². The van der Waals surface area contributed by atoms with Gasteiger partial charge in [-0.3, -0.25) is 4.79 Å². The van der Waals surface area contributed by atoms with Gasteiger partial charge in [-0.25, -0.2) is 4.98 Å². The van der Waals surface area contributed by atoms with Crippen LogP contribution in [0.3, 0.4) is 0 Å². The first-order chi connectivity index (χ1) is 10.1. The molecule has 0 bridgehead atoms. The van der Waals surface area contributed by atoms with Crippen LogP contribution in [-0.2, 0) is 5.41 Å². The highest BCUT2D eigenvalue weighted by molar-refractivity contribution is 5.97. The van der Waals surface area contributed by atoms with E-state index in [1.54, 1.807) is 13.8 Å². The minimum atomic E-state index is -4.32. The molecule has 22 heavy (non-hydrogen) atoms. The van der Waals surface area contributed by atoms with E-state index in [0.717, 1.165) is 0 Å². The van der Waals surface area contributed by atoms with E-state index in [0.29, 0.717) is 5.56 Å². The molecule has 0 spiro atoms. The maximum atomic E-state index is 12.2. The molecule has 1 aromatic heterocycles. The Morgan fingerprint density at radius 1 is 1.41 bits per heavy atom. The predicted octanol–water partition coefficient (Wildman–Crippen LogP) is 2.75.